The molecule has 1 atom stereocenters. The summed E-state index contributed by atoms with van der Waals surface area (Å²) in [6.07, 6.45) is -0.148. The summed E-state index contributed by atoms with van der Waals surface area (Å²) in [6.45, 7) is 5.29. The van der Waals surface area contributed by atoms with E-state index in [2.05, 4.69) is 10.0 Å². The lowest BCUT2D eigenvalue weighted by molar-refractivity contribution is -0.125. The number of ether oxygens (including phenoxy) is 1. The highest BCUT2D eigenvalue weighted by Crippen LogP contribution is 2.35. The van der Waals surface area contributed by atoms with Crippen LogP contribution in [0.5, 0.6) is 5.75 Å². The van der Waals surface area contributed by atoms with Gasteiger partial charge in [-0.25, -0.2) is 13.1 Å². The topological polar surface area (TPSA) is 102 Å². The number of carbonyl (C=O) groups excluding carboxylic acids is 2. The zero-order chi connectivity index (χ0) is 20.5. The van der Waals surface area contributed by atoms with E-state index in [0.717, 1.165) is 4.88 Å². The number of carbonyl (C=O) groups is 2. The van der Waals surface area contributed by atoms with Crippen molar-refractivity contribution in [1.29, 1.82) is 0 Å². The molecule has 0 bridgehead atoms. The lowest BCUT2D eigenvalue weighted by Crippen LogP contribution is -2.40. The lowest BCUT2D eigenvalue weighted by Gasteiger charge is -2.29. The predicted octanol–water partition coefficient (Wildman–Crippen LogP) is 2.85. The number of amides is 2. The fraction of sp³-hybridized carbons (Fsp3) is 0.368. The number of hydrogen-bond acceptors (Lipinski definition) is 6. The Hall–Kier alpha value is -2.39. The molecule has 9 heteroatoms. The number of rotatable bonds is 6. The Kier molecular flexibility index (Phi) is 5.76. The van der Waals surface area contributed by atoms with Gasteiger partial charge in [0.2, 0.25) is 5.91 Å². The van der Waals surface area contributed by atoms with Crippen molar-refractivity contribution >= 4 is 38.9 Å². The van der Waals surface area contributed by atoms with Crippen LogP contribution in [0.3, 0.4) is 0 Å². The molecule has 2 heterocycles. The fourth-order valence-electron chi connectivity index (χ4n) is 2.93. The molecule has 2 N–H and O–H groups in total. The van der Waals surface area contributed by atoms with Gasteiger partial charge in [0.25, 0.3) is 15.9 Å². The average Bonchev–Trinajstić information content (AvgIpc) is 3.11. The number of hydrogen-bond donors (Lipinski definition) is 2. The molecule has 1 aliphatic rings. The van der Waals surface area contributed by atoms with Crippen LogP contribution in [-0.2, 0) is 26.0 Å². The van der Waals surface area contributed by atoms with Crippen molar-refractivity contribution in [3.8, 4) is 5.75 Å². The van der Waals surface area contributed by atoms with Crippen molar-refractivity contribution < 1.29 is 22.7 Å². The maximum atomic E-state index is 12.7. The molecule has 1 aromatic heterocycles. The largest absolute Gasteiger partial charge is 0.478 e. The third-order valence-corrected chi connectivity index (χ3v) is 6.82. The minimum Gasteiger partial charge on any atom is -0.478 e. The van der Waals surface area contributed by atoms with Crippen molar-refractivity contribution in [3.63, 3.8) is 0 Å². The van der Waals surface area contributed by atoms with Crippen molar-refractivity contribution in [2.75, 3.05) is 5.32 Å². The third kappa shape index (κ3) is 4.36. The van der Waals surface area contributed by atoms with Crippen molar-refractivity contribution in [2.45, 2.75) is 44.6 Å². The van der Waals surface area contributed by atoms with E-state index < -0.39 is 22.0 Å². The van der Waals surface area contributed by atoms with E-state index in [-0.39, 0.29) is 28.9 Å². The Morgan fingerprint density at radius 3 is 2.75 bits per heavy atom. The first-order valence-corrected chi connectivity index (χ1v) is 11.2. The Bertz CT molecular complexity index is 998. The van der Waals surface area contributed by atoms with E-state index in [0.29, 0.717) is 17.7 Å². The van der Waals surface area contributed by atoms with Gasteiger partial charge in [0.1, 0.15) is 5.75 Å². The van der Waals surface area contributed by atoms with E-state index in [9.17, 15) is 18.0 Å². The second-order valence-corrected chi connectivity index (χ2v) is 9.68. The zero-order valence-corrected chi connectivity index (χ0v) is 17.4. The van der Waals surface area contributed by atoms with Gasteiger partial charge >= 0.3 is 0 Å². The van der Waals surface area contributed by atoms with E-state index in [4.69, 9.17) is 4.74 Å². The second kappa shape index (κ2) is 7.92. The molecule has 0 spiro atoms. The number of benzene rings is 1. The Morgan fingerprint density at radius 1 is 1.36 bits per heavy atom. The van der Waals surface area contributed by atoms with Crippen molar-refractivity contribution in [2.24, 2.45) is 5.92 Å². The van der Waals surface area contributed by atoms with E-state index >= 15 is 0 Å². The maximum absolute atomic E-state index is 12.7. The highest BCUT2D eigenvalue weighted by Gasteiger charge is 2.32. The predicted molar refractivity (Wildman–Crippen MR) is 107 cm³/mol. The molecule has 0 fully saturated rings. The molecule has 2 amide bonds. The molecule has 2 aromatic rings. The van der Waals surface area contributed by atoms with Crippen LogP contribution >= 0.6 is 11.3 Å². The molecule has 0 saturated heterocycles. The summed E-state index contributed by atoms with van der Waals surface area (Å²) in [5.41, 5.74) is 0.826. The number of fused-ring (bicyclic) bond motifs is 1. The average molecular weight is 423 g/mol. The monoisotopic (exact) mass is 422 g/mol. The van der Waals surface area contributed by atoms with Gasteiger partial charge in [-0.05, 0) is 42.3 Å². The van der Waals surface area contributed by atoms with Gasteiger partial charge in [-0.3, -0.25) is 9.59 Å². The van der Waals surface area contributed by atoms with Crippen LogP contribution in [0, 0.1) is 12.8 Å². The highest BCUT2D eigenvalue weighted by molar-refractivity contribution is 7.90. The summed E-state index contributed by atoms with van der Waals surface area (Å²) in [5, 5.41) is 4.65. The van der Waals surface area contributed by atoms with E-state index in [1.807, 2.05) is 31.4 Å². The second-order valence-electron chi connectivity index (χ2n) is 6.99. The van der Waals surface area contributed by atoms with Gasteiger partial charge in [-0.15, -0.1) is 11.3 Å². The standard InChI is InChI=1S/C19H22N2O5S2/c1-11(2)18-19(23)20-14-9-12(3)16(10-15(14)26-18)28(24,25)21-17(22)7-6-13-5-4-8-27-13/h4-5,8-11,18H,6-7H2,1-3H3,(H,20,23)(H,21,22). The molecular formula is C19H22N2O5S2. The first kappa shape index (κ1) is 20.3. The first-order valence-electron chi connectivity index (χ1n) is 8.87. The van der Waals surface area contributed by atoms with E-state index in [1.54, 1.807) is 6.92 Å². The minimum atomic E-state index is -4.05. The number of anilines is 1. The summed E-state index contributed by atoms with van der Waals surface area (Å²) in [4.78, 5) is 25.2. The van der Waals surface area contributed by atoms with Gasteiger partial charge in [-0.2, -0.15) is 0 Å². The van der Waals surface area contributed by atoms with E-state index in [1.165, 1.54) is 23.5 Å². The zero-order valence-electron chi connectivity index (χ0n) is 15.8. The molecule has 0 aliphatic carbocycles. The fourth-order valence-corrected chi connectivity index (χ4v) is 4.90. The molecule has 28 heavy (non-hydrogen) atoms. The Morgan fingerprint density at radius 2 is 2.11 bits per heavy atom. The molecule has 1 aromatic carbocycles. The summed E-state index contributed by atoms with van der Waals surface area (Å²) >= 11 is 1.52. The van der Waals surface area contributed by atoms with Crippen LogP contribution in [-0.4, -0.2) is 26.3 Å². The molecule has 7 nitrogen and oxygen atoms in total. The summed E-state index contributed by atoms with van der Waals surface area (Å²) < 4.78 is 33.3. The van der Waals surface area contributed by atoms with Gasteiger partial charge in [0.15, 0.2) is 6.10 Å². The molecule has 150 valence electrons. The summed E-state index contributed by atoms with van der Waals surface area (Å²) in [5.74, 6) is -0.638. The van der Waals surface area contributed by atoms with Crippen LogP contribution in [0.4, 0.5) is 5.69 Å². The Labute approximate surface area is 168 Å². The quantitative estimate of drug-likeness (QED) is 0.745. The number of aryl methyl sites for hydroxylation is 2. The van der Waals surface area contributed by atoms with Gasteiger partial charge in [-0.1, -0.05) is 19.9 Å². The number of sulfonamides is 1. The van der Waals surface area contributed by atoms with Gasteiger partial charge in [0.05, 0.1) is 10.6 Å². The summed E-state index contributed by atoms with van der Waals surface area (Å²) in [7, 11) is -4.05. The molecule has 1 aliphatic heterocycles. The van der Waals surface area contributed by atoms with Crippen LogP contribution in [0.25, 0.3) is 0 Å². The molecule has 3 rings (SSSR count). The molecular weight excluding hydrogens is 400 g/mol. The normalized spacial score (nSPS) is 16.3. The van der Waals surface area contributed by atoms with Crippen LogP contribution in [0.2, 0.25) is 0 Å². The third-order valence-electron chi connectivity index (χ3n) is 4.37. The highest BCUT2D eigenvalue weighted by atomic mass is 32.2. The first-order chi connectivity index (χ1) is 13.2. The summed E-state index contributed by atoms with van der Waals surface area (Å²) in [6, 6.07) is 6.67. The maximum Gasteiger partial charge on any atom is 0.265 e. The molecule has 0 radical (unpaired) electrons. The minimum absolute atomic E-state index is 0.0469. The smallest absolute Gasteiger partial charge is 0.265 e. The van der Waals surface area contributed by atoms with Gasteiger partial charge in [0, 0.05) is 17.4 Å². The number of thiophene rings is 1. The van der Waals surface area contributed by atoms with Gasteiger partial charge < -0.3 is 10.1 Å². The Balaban J connectivity index is 1.79. The van der Waals surface area contributed by atoms with Crippen molar-refractivity contribution in [3.05, 3.63) is 40.1 Å². The van der Waals surface area contributed by atoms with Crippen LogP contribution in [0.15, 0.2) is 34.5 Å². The van der Waals surface area contributed by atoms with Crippen molar-refractivity contribution in [1.82, 2.24) is 4.72 Å². The van der Waals surface area contributed by atoms with Crippen LogP contribution < -0.4 is 14.8 Å². The molecule has 1 unspecified atom stereocenters. The number of nitrogens with one attached hydrogen (secondary N) is 2. The molecule has 0 saturated carbocycles. The van der Waals surface area contributed by atoms with Crippen LogP contribution in [0.1, 0.15) is 30.7 Å². The SMILES string of the molecule is Cc1cc2c(cc1S(=O)(=O)NC(=O)CCc1cccs1)OC(C(C)C)C(=O)N2. The lowest BCUT2D eigenvalue weighted by atomic mass is 10.0.